The van der Waals surface area contributed by atoms with Crippen molar-refractivity contribution in [3.63, 3.8) is 0 Å². The Morgan fingerprint density at radius 1 is 1.04 bits per heavy atom. The first-order valence-electron chi connectivity index (χ1n) is 7.82. The van der Waals surface area contributed by atoms with E-state index >= 15 is 0 Å². The van der Waals surface area contributed by atoms with Gasteiger partial charge in [0.25, 0.3) is 5.91 Å². The molecular formula is C18H21ClN2O3S. The fourth-order valence-electron chi connectivity index (χ4n) is 2.32. The molecule has 1 amide bonds. The molecule has 7 heteroatoms. The Balaban J connectivity index is 2.22. The number of rotatable bonds is 6. The molecule has 2 aromatic rings. The highest BCUT2D eigenvalue weighted by Gasteiger charge is 2.19. The molecule has 0 aromatic heterocycles. The third-order valence-electron chi connectivity index (χ3n) is 3.87. The van der Waals surface area contributed by atoms with Crippen molar-refractivity contribution in [3.05, 3.63) is 64.7 Å². The molecule has 0 aliphatic carbocycles. The number of carbonyl (C=O) groups excluding carboxylic acids is 1. The van der Waals surface area contributed by atoms with Crippen LogP contribution in [0.5, 0.6) is 0 Å². The van der Waals surface area contributed by atoms with E-state index in [2.05, 4.69) is 0 Å². The summed E-state index contributed by atoms with van der Waals surface area (Å²) < 4.78 is 25.3. The predicted octanol–water partition coefficient (Wildman–Crippen LogP) is 3.25. The van der Waals surface area contributed by atoms with Crippen LogP contribution in [0.3, 0.4) is 0 Å². The van der Waals surface area contributed by atoms with E-state index in [-0.39, 0.29) is 10.8 Å². The standard InChI is InChI=1S/C18H21ClN2O3S/c1-4-21(13-15-7-5-6-8-17(15)19)18(22)14-9-11-16(12-10-14)25(23,24)20(2)3/h5-12H,4,13H2,1-3H3. The van der Waals surface area contributed by atoms with Gasteiger partial charge in [-0.1, -0.05) is 29.8 Å². The summed E-state index contributed by atoms with van der Waals surface area (Å²) in [6, 6.07) is 13.4. The number of carbonyl (C=O) groups is 1. The lowest BCUT2D eigenvalue weighted by molar-refractivity contribution is 0.0752. The number of sulfonamides is 1. The highest BCUT2D eigenvalue weighted by Crippen LogP contribution is 2.19. The van der Waals surface area contributed by atoms with Crippen molar-refractivity contribution in [2.45, 2.75) is 18.4 Å². The molecule has 0 spiro atoms. The summed E-state index contributed by atoms with van der Waals surface area (Å²) >= 11 is 6.17. The van der Waals surface area contributed by atoms with Crippen LogP contribution < -0.4 is 0 Å². The highest BCUT2D eigenvalue weighted by molar-refractivity contribution is 7.89. The van der Waals surface area contributed by atoms with Crippen molar-refractivity contribution in [2.24, 2.45) is 0 Å². The second kappa shape index (κ2) is 7.99. The maximum atomic E-state index is 12.7. The molecular weight excluding hydrogens is 360 g/mol. The molecule has 0 aliphatic heterocycles. The van der Waals surface area contributed by atoms with Gasteiger partial charge in [0, 0.05) is 37.8 Å². The number of amides is 1. The van der Waals surface area contributed by atoms with Gasteiger partial charge < -0.3 is 4.90 Å². The maximum Gasteiger partial charge on any atom is 0.254 e. The van der Waals surface area contributed by atoms with E-state index in [0.29, 0.717) is 23.7 Å². The van der Waals surface area contributed by atoms with Crippen molar-refractivity contribution in [3.8, 4) is 0 Å². The first-order valence-corrected chi connectivity index (χ1v) is 9.64. The second-order valence-corrected chi connectivity index (χ2v) is 8.28. The number of benzene rings is 2. The zero-order valence-corrected chi connectivity index (χ0v) is 16.0. The monoisotopic (exact) mass is 380 g/mol. The first-order chi connectivity index (χ1) is 11.8. The molecule has 0 saturated heterocycles. The summed E-state index contributed by atoms with van der Waals surface area (Å²) in [5.41, 5.74) is 1.30. The van der Waals surface area contributed by atoms with Gasteiger partial charge in [0.2, 0.25) is 10.0 Å². The fraction of sp³-hybridized carbons (Fsp3) is 0.278. The first kappa shape index (κ1) is 19.4. The van der Waals surface area contributed by atoms with Crippen molar-refractivity contribution in [2.75, 3.05) is 20.6 Å². The van der Waals surface area contributed by atoms with Crippen molar-refractivity contribution >= 4 is 27.5 Å². The van der Waals surface area contributed by atoms with E-state index in [1.807, 2.05) is 25.1 Å². The zero-order valence-electron chi connectivity index (χ0n) is 14.4. The van der Waals surface area contributed by atoms with Crippen LogP contribution >= 0.6 is 11.6 Å². The fourth-order valence-corrected chi connectivity index (χ4v) is 3.42. The van der Waals surface area contributed by atoms with Crippen LogP contribution in [0.4, 0.5) is 0 Å². The van der Waals surface area contributed by atoms with Gasteiger partial charge in [0.05, 0.1) is 4.90 Å². The van der Waals surface area contributed by atoms with E-state index < -0.39 is 10.0 Å². The third kappa shape index (κ3) is 4.39. The Labute approximate surface area is 153 Å². The summed E-state index contributed by atoms with van der Waals surface area (Å²) in [5, 5.41) is 0.612. The summed E-state index contributed by atoms with van der Waals surface area (Å²) in [7, 11) is -0.570. The second-order valence-electron chi connectivity index (χ2n) is 5.72. The molecule has 0 unspecified atom stereocenters. The lowest BCUT2D eigenvalue weighted by atomic mass is 10.1. The lowest BCUT2D eigenvalue weighted by Gasteiger charge is -2.22. The maximum absolute atomic E-state index is 12.7. The van der Waals surface area contributed by atoms with Crippen molar-refractivity contribution < 1.29 is 13.2 Å². The Morgan fingerprint density at radius 2 is 1.64 bits per heavy atom. The van der Waals surface area contributed by atoms with Gasteiger partial charge in [-0.3, -0.25) is 4.79 Å². The zero-order chi connectivity index (χ0) is 18.6. The molecule has 2 rings (SSSR count). The Kier molecular flexibility index (Phi) is 6.21. The normalized spacial score (nSPS) is 11.6. The Hall–Kier alpha value is -1.89. The van der Waals surface area contributed by atoms with Crippen LogP contribution in [-0.4, -0.2) is 44.2 Å². The van der Waals surface area contributed by atoms with Crippen molar-refractivity contribution in [1.29, 1.82) is 0 Å². The number of nitrogens with zero attached hydrogens (tertiary/aromatic N) is 2. The van der Waals surface area contributed by atoms with Crippen molar-refractivity contribution in [1.82, 2.24) is 9.21 Å². The van der Waals surface area contributed by atoms with Crippen LogP contribution in [0.25, 0.3) is 0 Å². The Morgan fingerprint density at radius 3 is 2.16 bits per heavy atom. The molecule has 0 heterocycles. The molecule has 2 aromatic carbocycles. The molecule has 0 aliphatic rings. The van der Waals surface area contributed by atoms with Gasteiger partial charge in [0.1, 0.15) is 0 Å². The minimum atomic E-state index is -3.51. The summed E-state index contributed by atoms with van der Waals surface area (Å²) in [5.74, 6) is -0.170. The van der Waals surface area contributed by atoms with E-state index in [1.54, 1.807) is 11.0 Å². The van der Waals surface area contributed by atoms with Crippen LogP contribution in [0.2, 0.25) is 5.02 Å². The van der Waals surface area contributed by atoms with Gasteiger partial charge in [-0.05, 0) is 42.8 Å². The summed E-state index contributed by atoms with van der Waals surface area (Å²) in [4.78, 5) is 14.5. The van der Waals surface area contributed by atoms with Gasteiger partial charge >= 0.3 is 0 Å². The van der Waals surface area contributed by atoms with Gasteiger partial charge in [0.15, 0.2) is 0 Å². The molecule has 0 atom stereocenters. The molecule has 0 fully saturated rings. The number of hydrogen-bond donors (Lipinski definition) is 0. The van der Waals surface area contributed by atoms with Gasteiger partial charge in [-0.15, -0.1) is 0 Å². The molecule has 0 N–H and O–H groups in total. The quantitative estimate of drug-likeness (QED) is 0.772. The average molecular weight is 381 g/mol. The number of halogens is 1. The highest BCUT2D eigenvalue weighted by atomic mass is 35.5. The molecule has 5 nitrogen and oxygen atoms in total. The minimum absolute atomic E-state index is 0.156. The van der Waals surface area contributed by atoms with E-state index in [9.17, 15) is 13.2 Å². The minimum Gasteiger partial charge on any atom is -0.335 e. The smallest absolute Gasteiger partial charge is 0.254 e. The molecule has 0 radical (unpaired) electrons. The molecule has 25 heavy (non-hydrogen) atoms. The molecule has 0 bridgehead atoms. The van der Waals surface area contributed by atoms with Crippen LogP contribution in [-0.2, 0) is 16.6 Å². The topological polar surface area (TPSA) is 57.7 Å². The predicted molar refractivity (Wildman–Crippen MR) is 99.2 cm³/mol. The average Bonchev–Trinajstić information content (AvgIpc) is 2.60. The van der Waals surface area contributed by atoms with E-state index in [0.717, 1.165) is 9.87 Å². The molecule has 134 valence electrons. The van der Waals surface area contributed by atoms with E-state index in [4.69, 9.17) is 11.6 Å². The number of hydrogen-bond acceptors (Lipinski definition) is 3. The van der Waals surface area contributed by atoms with E-state index in [1.165, 1.54) is 38.4 Å². The van der Waals surface area contributed by atoms with Crippen LogP contribution in [0.15, 0.2) is 53.4 Å². The summed E-state index contributed by atoms with van der Waals surface area (Å²) in [6.45, 7) is 2.80. The largest absolute Gasteiger partial charge is 0.335 e. The van der Waals surface area contributed by atoms with Gasteiger partial charge in [-0.25, -0.2) is 12.7 Å². The molecule has 0 saturated carbocycles. The SMILES string of the molecule is CCN(Cc1ccccc1Cl)C(=O)c1ccc(S(=O)(=O)N(C)C)cc1. The van der Waals surface area contributed by atoms with Crippen LogP contribution in [0.1, 0.15) is 22.8 Å². The third-order valence-corrected chi connectivity index (χ3v) is 6.07. The Bertz CT molecular complexity index is 849. The summed E-state index contributed by atoms with van der Waals surface area (Å²) in [6.07, 6.45) is 0. The van der Waals surface area contributed by atoms with Gasteiger partial charge in [-0.2, -0.15) is 0 Å². The van der Waals surface area contributed by atoms with Crippen LogP contribution in [0, 0.1) is 0 Å². The lowest BCUT2D eigenvalue weighted by Crippen LogP contribution is -2.30.